The van der Waals surface area contributed by atoms with Gasteiger partial charge in [0.2, 0.25) is 0 Å². The molecule has 2 N–H and O–H groups in total. The zero-order chi connectivity index (χ0) is 10.3. The Labute approximate surface area is 81.7 Å². The molecule has 0 spiro atoms. The lowest BCUT2D eigenvalue weighted by molar-refractivity contribution is 0.0144. The van der Waals surface area contributed by atoms with Gasteiger partial charge in [0.1, 0.15) is 0 Å². The van der Waals surface area contributed by atoms with E-state index >= 15 is 0 Å². The van der Waals surface area contributed by atoms with Crippen molar-refractivity contribution < 1.29 is 5.11 Å². The van der Waals surface area contributed by atoms with E-state index < -0.39 is 5.60 Å². The average molecular weight is 183 g/mol. The van der Waals surface area contributed by atoms with E-state index in [1.54, 1.807) is 0 Å². The number of hydrogen-bond donors (Lipinski definition) is 2. The van der Waals surface area contributed by atoms with Gasteiger partial charge in [-0.15, -0.1) is 12.3 Å². The Hall–Kier alpha value is -0.520. The smallest absolute Gasteiger partial charge is 0.0766 e. The van der Waals surface area contributed by atoms with E-state index in [4.69, 9.17) is 6.42 Å². The summed E-state index contributed by atoms with van der Waals surface area (Å²) in [6.07, 6.45) is 6.90. The van der Waals surface area contributed by atoms with Gasteiger partial charge in [-0.25, -0.2) is 0 Å². The summed E-state index contributed by atoms with van der Waals surface area (Å²) < 4.78 is 0. The fourth-order valence-corrected chi connectivity index (χ4v) is 0.861. The number of unbranched alkanes of at least 4 members (excludes halogenated alkanes) is 1. The fraction of sp³-hybridized carbons (Fsp3) is 0.818. The van der Waals surface area contributed by atoms with Crippen LogP contribution in [-0.2, 0) is 0 Å². The minimum absolute atomic E-state index is 0.271. The summed E-state index contributed by atoms with van der Waals surface area (Å²) in [7, 11) is 0. The van der Waals surface area contributed by atoms with Gasteiger partial charge in [-0.05, 0) is 25.8 Å². The molecule has 0 amide bonds. The number of nitrogens with one attached hydrogen (secondary N) is 1. The molecule has 0 heterocycles. The maximum absolute atomic E-state index is 9.85. The van der Waals surface area contributed by atoms with Crippen LogP contribution in [0.2, 0.25) is 0 Å². The molecule has 0 bridgehead atoms. The Balaban J connectivity index is 3.48. The van der Waals surface area contributed by atoms with Crippen LogP contribution in [-0.4, -0.2) is 23.8 Å². The third kappa shape index (κ3) is 5.68. The van der Waals surface area contributed by atoms with Crippen LogP contribution in [0.4, 0.5) is 0 Å². The summed E-state index contributed by atoms with van der Waals surface area (Å²) in [6, 6.07) is 0. The van der Waals surface area contributed by atoms with Crippen LogP contribution in [0.25, 0.3) is 0 Å². The highest BCUT2D eigenvalue weighted by Gasteiger charge is 2.23. The van der Waals surface area contributed by atoms with E-state index in [0.717, 1.165) is 19.4 Å². The summed E-state index contributed by atoms with van der Waals surface area (Å²) >= 11 is 0. The predicted molar refractivity (Wildman–Crippen MR) is 56.4 cm³/mol. The number of terminal acetylenes is 1. The highest BCUT2D eigenvalue weighted by atomic mass is 16.3. The van der Waals surface area contributed by atoms with Crippen LogP contribution < -0.4 is 5.32 Å². The lowest BCUT2D eigenvalue weighted by Gasteiger charge is -2.27. The van der Waals surface area contributed by atoms with Gasteiger partial charge in [-0.3, -0.25) is 0 Å². The maximum Gasteiger partial charge on any atom is 0.0766 e. The van der Waals surface area contributed by atoms with Crippen molar-refractivity contribution in [2.24, 2.45) is 5.92 Å². The highest BCUT2D eigenvalue weighted by Crippen LogP contribution is 2.14. The zero-order valence-electron chi connectivity index (χ0n) is 8.93. The minimum atomic E-state index is -0.615. The average Bonchev–Trinajstić information content (AvgIpc) is 2.03. The summed E-state index contributed by atoms with van der Waals surface area (Å²) in [4.78, 5) is 0. The van der Waals surface area contributed by atoms with E-state index in [0.29, 0.717) is 6.54 Å². The number of rotatable bonds is 6. The van der Waals surface area contributed by atoms with Crippen molar-refractivity contribution >= 4 is 0 Å². The Morgan fingerprint density at radius 1 is 1.54 bits per heavy atom. The molecular formula is C11H21NO. The van der Waals surface area contributed by atoms with Crippen molar-refractivity contribution in [3.63, 3.8) is 0 Å². The van der Waals surface area contributed by atoms with Crippen LogP contribution in [0, 0.1) is 18.3 Å². The van der Waals surface area contributed by atoms with E-state index in [1.165, 1.54) is 0 Å². The van der Waals surface area contributed by atoms with E-state index in [1.807, 2.05) is 20.8 Å². The normalized spacial score (nSPS) is 15.4. The fourth-order valence-electron chi connectivity index (χ4n) is 0.861. The van der Waals surface area contributed by atoms with Crippen molar-refractivity contribution in [1.82, 2.24) is 5.32 Å². The molecule has 1 unspecified atom stereocenters. The van der Waals surface area contributed by atoms with Gasteiger partial charge in [0.25, 0.3) is 0 Å². The Morgan fingerprint density at radius 2 is 2.15 bits per heavy atom. The summed E-state index contributed by atoms with van der Waals surface area (Å²) in [5, 5.41) is 13.0. The molecule has 0 aromatic rings. The number of aliphatic hydroxyl groups is 1. The first-order valence-electron chi connectivity index (χ1n) is 4.87. The molecule has 13 heavy (non-hydrogen) atoms. The lowest BCUT2D eigenvalue weighted by Crippen LogP contribution is -2.42. The molecule has 0 saturated heterocycles. The quantitative estimate of drug-likeness (QED) is 0.482. The second kappa shape index (κ2) is 6.01. The Bertz CT molecular complexity index is 167. The topological polar surface area (TPSA) is 32.3 Å². The molecule has 76 valence electrons. The largest absolute Gasteiger partial charge is 0.389 e. The van der Waals surface area contributed by atoms with Crippen molar-refractivity contribution in [3.8, 4) is 12.3 Å². The van der Waals surface area contributed by atoms with Gasteiger partial charge in [0.05, 0.1) is 5.60 Å². The molecule has 2 nitrogen and oxygen atoms in total. The van der Waals surface area contributed by atoms with Crippen molar-refractivity contribution in [3.05, 3.63) is 0 Å². The standard InChI is InChI=1S/C11H21NO/c1-5-6-7-8-12-9-11(4,13)10(2)3/h1,10,12-13H,6-9H2,2-4H3. The van der Waals surface area contributed by atoms with Crippen LogP contribution in [0.15, 0.2) is 0 Å². The molecule has 0 rings (SSSR count). The van der Waals surface area contributed by atoms with Crippen LogP contribution in [0.5, 0.6) is 0 Å². The van der Waals surface area contributed by atoms with Crippen LogP contribution in [0.3, 0.4) is 0 Å². The van der Waals surface area contributed by atoms with Gasteiger partial charge in [0, 0.05) is 13.0 Å². The van der Waals surface area contributed by atoms with Gasteiger partial charge < -0.3 is 10.4 Å². The predicted octanol–water partition coefficient (Wildman–Crippen LogP) is 1.40. The van der Waals surface area contributed by atoms with Crippen molar-refractivity contribution in [1.29, 1.82) is 0 Å². The van der Waals surface area contributed by atoms with E-state index in [2.05, 4.69) is 11.2 Å². The third-order valence-electron chi connectivity index (χ3n) is 2.40. The number of hydrogen-bond acceptors (Lipinski definition) is 2. The maximum atomic E-state index is 9.85. The first-order valence-corrected chi connectivity index (χ1v) is 4.87. The van der Waals surface area contributed by atoms with Crippen molar-refractivity contribution in [2.75, 3.05) is 13.1 Å². The SMILES string of the molecule is C#CCCCNCC(C)(O)C(C)C. The van der Waals surface area contributed by atoms with Gasteiger partial charge in [-0.2, -0.15) is 0 Å². The van der Waals surface area contributed by atoms with E-state index in [9.17, 15) is 5.11 Å². The second-order valence-corrected chi connectivity index (χ2v) is 4.00. The molecule has 0 fully saturated rings. The Morgan fingerprint density at radius 3 is 2.62 bits per heavy atom. The molecule has 0 aliphatic heterocycles. The first-order chi connectivity index (χ1) is 6.00. The molecule has 0 aromatic heterocycles. The molecule has 1 atom stereocenters. The lowest BCUT2D eigenvalue weighted by atomic mass is 9.92. The van der Waals surface area contributed by atoms with Gasteiger partial charge in [0.15, 0.2) is 0 Å². The third-order valence-corrected chi connectivity index (χ3v) is 2.40. The monoisotopic (exact) mass is 183 g/mol. The molecule has 0 aliphatic rings. The summed E-state index contributed by atoms with van der Waals surface area (Å²) in [6.45, 7) is 7.40. The molecule has 0 saturated carbocycles. The zero-order valence-corrected chi connectivity index (χ0v) is 8.93. The summed E-state index contributed by atoms with van der Waals surface area (Å²) in [5.41, 5.74) is -0.615. The van der Waals surface area contributed by atoms with Crippen molar-refractivity contribution in [2.45, 2.75) is 39.2 Å². The summed E-state index contributed by atoms with van der Waals surface area (Å²) in [5.74, 6) is 2.86. The van der Waals surface area contributed by atoms with E-state index in [-0.39, 0.29) is 5.92 Å². The molecular weight excluding hydrogens is 162 g/mol. The van der Waals surface area contributed by atoms with Crippen LogP contribution >= 0.6 is 0 Å². The minimum Gasteiger partial charge on any atom is -0.389 e. The Kier molecular flexibility index (Phi) is 5.77. The molecule has 0 aliphatic carbocycles. The highest BCUT2D eigenvalue weighted by molar-refractivity contribution is 4.84. The van der Waals surface area contributed by atoms with Gasteiger partial charge in [-0.1, -0.05) is 13.8 Å². The molecule has 0 aromatic carbocycles. The first kappa shape index (κ1) is 12.5. The second-order valence-electron chi connectivity index (χ2n) is 4.00. The molecule has 0 radical (unpaired) electrons. The molecule has 2 heteroatoms. The van der Waals surface area contributed by atoms with Gasteiger partial charge >= 0.3 is 0 Å². The van der Waals surface area contributed by atoms with Crippen LogP contribution in [0.1, 0.15) is 33.6 Å².